The molecule has 0 unspecified atom stereocenters. The number of rotatable bonds is 6. The SMILES string of the molecule is CCCNCc1cc(OC2CCC(C)(C)CC2)ccn1. The fourth-order valence-electron chi connectivity index (χ4n) is 2.70. The van der Waals surface area contributed by atoms with Crippen LogP contribution in [0, 0.1) is 5.41 Å². The molecule has 1 aromatic rings. The highest BCUT2D eigenvalue weighted by Gasteiger charge is 2.27. The van der Waals surface area contributed by atoms with Crippen LogP contribution in [0.15, 0.2) is 18.3 Å². The minimum Gasteiger partial charge on any atom is -0.490 e. The van der Waals surface area contributed by atoms with Gasteiger partial charge in [-0.05, 0) is 50.1 Å². The second-order valence-corrected chi connectivity index (χ2v) is 6.64. The van der Waals surface area contributed by atoms with Gasteiger partial charge in [-0.3, -0.25) is 4.98 Å². The molecule has 0 atom stereocenters. The van der Waals surface area contributed by atoms with Crippen LogP contribution in [0.2, 0.25) is 0 Å². The molecular weight excluding hydrogens is 248 g/mol. The van der Waals surface area contributed by atoms with Crippen molar-refractivity contribution in [2.24, 2.45) is 5.41 Å². The summed E-state index contributed by atoms with van der Waals surface area (Å²) in [4.78, 5) is 4.38. The first-order valence-corrected chi connectivity index (χ1v) is 7.91. The van der Waals surface area contributed by atoms with Gasteiger partial charge in [-0.15, -0.1) is 0 Å². The van der Waals surface area contributed by atoms with Crippen molar-refractivity contribution in [1.82, 2.24) is 10.3 Å². The summed E-state index contributed by atoms with van der Waals surface area (Å²) in [6.07, 6.45) is 8.22. The van der Waals surface area contributed by atoms with E-state index in [0.29, 0.717) is 11.5 Å². The van der Waals surface area contributed by atoms with E-state index >= 15 is 0 Å². The Balaban J connectivity index is 1.85. The third-order valence-corrected chi connectivity index (χ3v) is 4.11. The zero-order valence-electron chi connectivity index (χ0n) is 13.1. The highest BCUT2D eigenvalue weighted by molar-refractivity contribution is 5.23. The van der Waals surface area contributed by atoms with Crippen LogP contribution in [0.4, 0.5) is 0 Å². The maximum absolute atomic E-state index is 6.13. The first-order chi connectivity index (χ1) is 9.59. The van der Waals surface area contributed by atoms with E-state index in [2.05, 4.69) is 37.1 Å². The summed E-state index contributed by atoms with van der Waals surface area (Å²) >= 11 is 0. The van der Waals surface area contributed by atoms with Crippen molar-refractivity contribution in [3.8, 4) is 5.75 Å². The van der Waals surface area contributed by atoms with Crippen molar-refractivity contribution < 1.29 is 4.74 Å². The summed E-state index contributed by atoms with van der Waals surface area (Å²) in [7, 11) is 0. The number of pyridine rings is 1. The van der Waals surface area contributed by atoms with Crippen molar-refractivity contribution >= 4 is 0 Å². The molecule has 3 nitrogen and oxygen atoms in total. The van der Waals surface area contributed by atoms with E-state index in [1.165, 1.54) is 25.7 Å². The Kier molecular flexibility index (Phi) is 5.41. The lowest BCUT2D eigenvalue weighted by molar-refractivity contribution is 0.0986. The average molecular weight is 276 g/mol. The van der Waals surface area contributed by atoms with Crippen molar-refractivity contribution in [3.05, 3.63) is 24.0 Å². The number of nitrogens with zero attached hydrogens (tertiary/aromatic N) is 1. The summed E-state index contributed by atoms with van der Waals surface area (Å²) in [5.41, 5.74) is 1.56. The fourth-order valence-corrected chi connectivity index (χ4v) is 2.70. The average Bonchev–Trinajstić information content (AvgIpc) is 2.42. The van der Waals surface area contributed by atoms with E-state index in [-0.39, 0.29) is 0 Å². The third-order valence-electron chi connectivity index (χ3n) is 4.11. The van der Waals surface area contributed by atoms with Gasteiger partial charge in [0.05, 0.1) is 11.8 Å². The molecule has 3 heteroatoms. The molecule has 0 saturated heterocycles. The molecule has 0 aliphatic heterocycles. The van der Waals surface area contributed by atoms with Crippen LogP contribution in [0.1, 0.15) is 58.6 Å². The van der Waals surface area contributed by atoms with E-state index < -0.39 is 0 Å². The number of hydrogen-bond acceptors (Lipinski definition) is 3. The number of hydrogen-bond donors (Lipinski definition) is 1. The predicted molar refractivity (Wildman–Crippen MR) is 82.9 cm³/mol. The molecule has 1 fully saturated rings. The van der Waals surface area contributed by atoms with Gasteiger partial charge in [0.25, 0.3) is 0 Å². The lowest BCUT2D eigenvalue weighted by Crippen LogP contribution is -2.28. The van der Waals surface area contributed by atoms with Gasteiger partial charge in [-0.25, -0.2) is 0 Å². The van der Waals surface area contributed by atoms with Crippen LogP contribution in [-0.4, -0.2) is 17.6 Å². The molecule has 1 aliphatic carbocycles. The smallest absolute Gasteiger partial charge is 0.123 e. The molecule has 0 bridgehead atoms. The van der Waals surface area contributed by atoms with Gasteiger partial charge in [0.15, 0.2) is 0 Å². The Labute approximate surface area is 123 Å². The Morgan fingerprint density at radius 3 is 2.80 bits per heavy atom. The van der Waals surface area contributed by atoms with Crippen molar-refractivity contribution in [1.29, 1.82) is 0 Å². The second-order valence-electron chi connectivity index (χ2n) is 6.64. The Morgan fingerprint density at radius 2 is 2.10 bits per heavy atom. The predicted octanol–water partition coefficient (Wildman–Crippen LogP) is 3.93. The van der Waals surface area contributed by atoms with Crippen LogP contribution in [-0.2, 0) is 6.54 Å². The molecule has 0 amide bonds. The number of aromatic nitrogens is 1. The topological polar surface area (TPSA) is 34.1 Å². The van der Waals surface area contributed by atoms with Gasteiger partial charge in [-0.2, -0.15) is 0 Å². The first-order valence-electron chi connectivity index (χ1n) is 7.91. The Hall–Kier alpha value is -1.09. The molecule has 20 heavy (non-hydrogen) atoms. The molecule has 1 saturated carbocycles. The van der Waals surface area contributed by atoms with Gasteiger partial charge in [0.2, 0.25) is 0 Å². The van der Waals surface area contributed by atoms with E-state index in [1.807, 2.05) is 12.3 Å². The summed E-state index contributed by atoms with van der Waals surface area (Å²) in [5, 5.41) is 3.37. The largest absolute Gasteiger partial charge is 0.490 e. The van der Waals surface area contributed by atoms with Crippen LogP contribution in [0.25, 0.3) is 0 Å². The summed E-state index contributed by atoms with van der Waals surface area (Å²) in [6, 6.07) is 4.05. The number of ether oxygens (including phenoxy) is 1. The molecule has 0 spiro atoms. The van der Waals surface area contributed by atoms with Gasteiger partial charge >= 0.3 is 0 Å². The Bertz CT molecular complexity index is 407. The highest BCUT2D eigenvalue weighted by Crippen LogP contribution is 2.36. The van der Waals surface area contributed by atoms with Gasteiger partial charge in [-0.1, -0.05) is 20.8 Å². The van der Waals surface area contributed by atoms with Crippen LogP contribution < -0.4 is 10.1 Å². The zero-order chi connectivity index (χ0) is 14.4. The highest BCUT2D eigenvalue weighted by atomic mass is 16.5. The van der Waals surface area contributed by atoms with E-state index in [1.54, 1.807) is 0 Å². The normalized spacial score (nSPS) is 18.9. The van der Waals surface area contributed by atoms with Gasteiger partial charge in [0.1, 0.15) is 5.75 Å². The van der Waals surface area contributed by atoms with Crippen LogP contribution in [0.3, 0.4) is 0 Å². The van der Waals surface area contributed by atoms with Gasteiger partial charge in [0, 0.05) is 18.8 Å². The van der Waals surface area contributed by atoms with Crippen molar-refractivity contribution in [2.75, 3.05) is 6.54 Å². The van der Waals surface area contributed by atoms with Crippen LogP contribution in [0.5, 0.6) is 5.75 Å². The molecule has 1 N–H and O–H groups in total. The zero-order valence-corrected chi connectivity index (χ0v) is 13.1. The lowest BCUT2D eigenvalue weighted by atomic mass is 9.76. The molecular formula is C17H28N2O. The minimum absolute atomic E-state index is 0.377. The molecule has 0 aromatic carbocycles. The second kappa shape index (κ2) is 7.07. The molecule has 1 aliphatic rings. The minimum atomic E-state index is 0.377. The van der Waals surface area contributed by atoms with Crippen LogP contribution >= 0.6 is 0 Å². The van der Waals surface area contributed by atoms with E-state index in [4.69, 9.17) is 4.74 Å². The molecule has 0 radical (unpaired) electrons. The lowest BCUT2D eigenvalue weighted by Gasteiger charge is -2.34. The van der Waals surface area contributed by atoms with E-state index in [9.17, 15) is 0 Å². The molecule has 112 valence electrons. The first kappa shape index (κ1) is 15.3. The molecule has 1 heterocycles. The van der Waals surface area contributed by atoms with Gasteiger partial charge < -0.3 is 10.1 Å². The Morgan fingerprint density at radius 1 is 1.35 bits per heavy atom. The van der Waals surface area contributed by atoms with Crippen molar-refractivity contribution in [3.63, 3.8) is 0 Å². The standard InChI is InChI=1S/C17H28N2O/c1-4-10-18-13-14-12-16(7-11-19-14)20-15-5-8-17(2,3)9-6-15/h7,11-12,15,18H,4-6,8-10,13H2,1-3H3. The third kappa shape index (κ3) is 4.78. The number of nitrogens with one attached hydrogen (secondary N) is 1. The van der Waals surface area contributed by atoms with E-state index in [0.717, 1.165) is 31.0 Å². The summed E-state index contributed by atoms with van der Waals surface area (Å²) in [5.74, 6) is 0.970. The quantitative estimate of drug-likeness (QED) is 0.799. The van der Waals surface area contributed by atoms with Crippen molar-refractivity contribution in [2.45, 2.75) is 65.5 Å². The maximum atomic E-state index is 6.13. The molecule has 2 rings (SSSR count). The summed E-state index contributed by atoms with van der Waals surface area (Å²) in [6.45, 7) is 8.73. The monoisotopic (exact) mass is 276 g/mol. The molecule has 1 aromatic heterocycles. The summed E-state index contributed by atoms with van der Waals surface area (Å²) < 4.78 is 6.13. The fraction of sp³-hybridized carbons (Fsp3) is 0.706. The maximum Gasteiger partial charge on any atom is 0.123 e.